The van der Waals surface area contributed by atoms with E-state index in [-0.39, 0.29) is 23.5 Å². The van der Waals surface area contributed by atoms with E-state index < -0.39 is 67.7 Å². The standard InChI is InChI=1S/C31H41F4NO6S/c1-2-3-4-5-6-7-8-9-10-11-12-13-14-15-18-41-28-24(32)26(34)29(27(35)25(28)33)43(39,40)42-36-30(37)22-20-16-17-21(19-20)23(22)31(36)38/h16-17,20-23H,2-15,18-19H2,1H3. The third-order valence-electron chi connectivity index (χ3n) is 8.78. The van der Waals surface area contributed by atoms with Crippen molar-refractivity contribution in [1.29, 1.82) is 0 Å². The number of imide groups is 1. The maximum absolute atomic E-state index is 14.8. The number of nitrogens with zero attached hydrogens (tertiary/aromatic N) is 1. The molecule has 1 aromatic rings. The number of allylic oxidation sites excluding steroid dienone is 2. The number of halogens is 4. The van der Waals surface area contributed by atoms with Crippen molar-refractivity contribution in [2.75, 3.05) is 6.61 Å². The van der Waals surface area contributed by atoms with Gasteiger partial charge in [0.25, 0.3) is 11.8 Å². The monoisotopic (exact) mass is 631 g/mol. The Bertz CT molecular complexity index is 1240. The van der Waals surface area contributed by atoms with Crippen LogP contribution in [-0.2, 0) is 24.0 Å². The molecule has 0 spiro atoms. The van der Waals surface area contributed by atoms with Crippen LogP contribution in [0, 0.1) is 46.9 Å². The number of ether oxygens (including phenoxy) is 1. The van der Waals surface area contributed by atoms with Crippen LogP contribution in [0.2, 0.25) is 0 Å². The molecular formula is C31H41F4NO6S. The van der Waals surface area contributed by atoms with Gasteiger partial charge in [-0.3, -0.25) is 9.59 Å². The van der Waals surface area contributed by atoms with Gasteiger partial charge >= 0.3 is 10.1 Å². The van der Waals surface area contributed by atoms with Gasteiger partial charge in [-0.15, -0.1) is 9.35 Å². The lowest BCUT2D eigenvalue weighted by molar-refractivity contribution is -0.166. The molecular weight excluding hydrogens is 590 g/mol. The summed E-state index contributed by atoms with van der Waals surface area (Å²) < 4.78 is 93.9. The van der Waals surface area contributed by atoms with Crippen LogP contribution >= 0.6 is 0 Å². The highest BCUT2D eigenvalue weighted by atomic mass is 32.2. The number of hydrogen-bond donors (Lipinski definition) is 0. The Morgan fingerprint density at radius 2 is 1.12 bits per heavy atom. The van der Waals surface area contributed by atoms with Crippen molar-refractivity contribution in [3.05, 3.63) is 35.4 Å². The average Bonchev–Trinajstić information content (AvgIpc) is 3.66. The minimum absolute atomic E-state index is 0.0640. The number of hydroxylamine groups is 2. The van der Waals surface area contributed by atoms with Gasteiger partial charge in [0.1, 0.15) is 0 Å². The van der Waals surface area contributed by atoms with Crippen LogP contribution in [-0.4, -0.2) is 31.9 Å². The zero-order valence-corrected chi connectivity index (χ0v) is 25.4. The first-order valence-corrected chi connectivity index (χ1v) is 17.0. The number of benzene rings is 1. The Hall–Kier alpha value is -2.47. The molecule has 2 bridgehead atoms. The minimum atomic E-state index is -5.65. The maximum atomic E-state index is 14.8. The lowest BCUT2D eigenvalue weighted by atomic mass is 9.85. The molecule has 4 unspecified atom stereocenters. The number of rotatable bonds is 19. The predicted octanol–water partition coefficient (Wildman–Crippen LogP) is 7.53. The Morgan fingerprint density at radius 3 is 1.56 bits per heavy atom. The molecule has 43 heavy (non-hydrogen) atoms. The summed E-state index contributed by atoms with van der Waals surface area (Å²) in [5, 5.41) is -0.0640. The van der Waals surface area contributed by atoms with Crippen molar-refractivity contribution in [2.45, 2.75) is 108 Å². The molecule has 4 rings (SSSR count). The molecule has 1 heterocycles. The lowest BCUT2D eigenvalue weighted by Crippen LogP contribution is -2.36. The summed E-state index contributed by atoms with van der Waals surface area (Å²) in [5.41, 5.74) is 0. The molecule has 0 N–H and O–H groups in total. The van der Waals surface area contributed by atoms with Gasteiger partial charge in [-0.05, 0) is 24.7 Å². The van der Waals surface area contributed by atoms with Crippen LogP contribution in [0.4, 0.5) is 17.6 Å². The molecule has 1 saturated heterocycles. The van der Waals surface area contributed by atoms with Crippen molar-refractivity contribution in [1.82, 2.24) is 5.06 Å². The number of unbranched alkanes of at least 4 members (excludes halogenated alkanes) is 13. The quantitative estimate of drug-likeness (QED) is 0.0516. The van der Waals surface area contributed by atoms with E-state index in [1.54, 1.807) is 12.2 Å². The van der Waals surface area contributed by atoms with Crippen molar-refractivity contribution in [3.8, 4) is 5.75 Å². The summed E-state index contributed by atoms with van der Waals surface area (Å²) in [7, 11) is -5.65. The summed E-state index contributed by atoms with van der Waals surface area (Å²) >= 11 is 0. The Kier molecular flexibility index (Phi) is 11.7. The highest BCUT2D eigenvalue weighted by molar-refractivity contribution is 7.86. The SMILES string of the molecule is CCCCCCCCCCCCCCCCOc1c(F)c(F)c(S(=O)(=O)ON2C(=O)C3C4C=CC(C4)C3C2=O)c(F)c1F. The van der Waals surface area contributed by atoms with Gasteiger partial charge in [-0.2, -0.15) is 17.2 Å². The van der Waals surface area contributed by atoms with E-state index in [9.17, 15) is 35.6 Å². The number of carbonyl (C=O) groups excluding carboxylic acids is 2. The fraction of sp³-hybridized carbons (Fsp3) is 0.677. The van der Waals surface area contributed by atoms with Crippen LogP contribution in [0.1, 0.15) is 103 Å². The normalized spacial score (nSPS) is 22.7. The molecule has 2 amide bonds. The fourth-order valence-electron chi connectivity index (χ4n) is 6.49. The van der Waals surface area contributed by atoms with Crippen LogP contribution in [0.15, 0.2) is 17.0 Å². The van der Waals surface area contributed by atoms with Gasteiger partial charge in [0.2, 0.25) is 11.6 Å². The van der Waals surface area contributed by atoms with Crippen molar-refractivity contribution in [3.63, 3.8) is 0 Å². The van der Waals surface area contributed by atoms with E-state index in [0.717, 1.165) is 25.7 Å². The number of carbonyl (C=O) groups is 2. The van der Waals surface area contributed by atoms with E-state index in [0.29, 0.717) is 19.3 Å². The third-order valence-corrected chi connectivity index (χ3v) is 9.98. The first-order chi connectivity index (χ1) is 20.6. The molecule has 3 aliphatic rings. The first kappa shape index (κ1) is 33.4. The number of amides is 2. The van der Waals surface area contributed by atoms with Crippen LogP contribution in [0.5, 0.6) is 5.75 Å². The molecule has 12 heteroatoms. The maximum Gasteiger partial charge on any atom is 0.324 e. The summed E-state index contributed by atoms with van der Waals surface area (Å²) in [6, 6.07) is 0. The highest BCUT2D eigenvalue weighted by Gasteiger charge is 2.61. The molecule has 1 aliphatic heterocycles. The Balaban J connectivity index is 1.22. The summed E-state index contributed by atoms with van der Waals surface area (Å²) in [6.07, 6.45) is 19.4. The van der Waals surface area contributed by atoms with Gasteiger partial charge in [-0.25, -0.2) is 8.78 Å². The fourth-order valence-corrected chi connectivity index (χ4v) is 7.53. The van der Waals surface area contributed by atoms with E-state index in [1.807, 2.05) is 0 Å². The predicted molar refractivity (Wildman–Crippen MR) is 150 cm³/mol. The largest absolute Gasteiger partial charge is 0.487 e. The summed E-state index contributed by atoms with van der Waals surface area (Å²) in [5.74, 6) is -14.3. The van der Waals surface area contributed by atoms with Crippen molar-refractivity contribution >= 4 is 21.9 Å². The van der Waals surface area contributed by atoms with E-state index >= 15 is 0 Å². The Labute approximate surface area is 251 Å². The lowest BCUT2D eigenvalue weighted by Gasteiger charge is -2.17. The van der Waals surface area contributed by atoms with Crippen molar-refractivity contribution in [2.24, 2.45) is 23.7 Å². The molecule has 2 fully saturated rings. The second kappa shape index (κ2) is 15.0. The van der Waals surface area contributed by atoms with Crippen molar-refractivity contribution < 1.29 is 44.6 Å². The molecule has 7 nitrogen and oxygen atoms in total. The van der Waals surface area contributed by atoms with Crippen LogP contribution in [0.3, 0.4) is 0 Å². The summed E-state index contributed by atoms with van der Waals surface area (Å²) in [4.78, 5) is 23.3. The van der Waals surface area contributed by atoms with Gasteiger partial charge in [-0.1, -0.05) is 103 Å². The van der Waals surface area contributed by atoms with E-state index in [1.165, 1.54) is 51.4 Å². The van der Waals surface area contributed by atoms with Gasteiger partial charge in [0.15, 0.2) is 22.3 Å². The summed E-state index contributed by atoms with van der Waals surface area (Å²) in [6.45, 7) is 1.97. The number of hydrogen-bond acceptors (Lipinski definition) is 6. The molecule has 4 atom stereocenters. The molecule has 2 aliphatic carbocycles. The van der Waals surface area contributed by atoms with Gasteiger partial charge in [0.05, 0.1) is 18.4 Å². The second-order valence-corrected chi connectivity index (χ2v) is 13.3. The van der Waals surface area contributed by atoms with Gasteiger partial charge < -0.3 is 4.74 Å². The first-order valence-electron chi connectivity index (χ1n) is 15.6. The number of fused-ring (bicyclic) bond motifs is 5. The zero-order valence-electron chi connectivity index (χ0n) is 24.6. The van der Waals surface area contributed by atoms with Gasteiger partial charge in [0, 0.05) is 0 Å². The van der Waals surface area contributed by atoms with Crippen LogP contribution in [0.25, 0.3) is 0 Å². The van der Waals surface area contributed by atoms with Crippen LogP contribution < -0.4 is 4.74 Å². The van der Waals surface area contributed by atoms with E-state index in [4.69, 9.17) is 4.74 Å². The second-order valence-electron chi connectivity index (χ2n) is 11.9. The molecule has 240 valence electrons. The van der Waals surface area contributed by atoms with E-state index in [2.05, 4.69) is 11.2 Å². The minimum Gasteiger partial charge on any atom is -0.487 e. The smallest absolute Gasteiger partial charge is 0.324 e. The Morgan fingerprint density at radius 1 is 0.698 bits per heavy atom. The highest BCUT2D eigenvalue weighted by Crippen LogP contribution is 2.52. The molecule has 1 saturated carbocycles. The topological polar surface area (TPSA) is 90.0 Å². The molecule has 1 aromatic carbocycles. The average molecular weight is 632 g/mol. The molecule has 0 radical (unpaired) electrons. The third kappa shape index (κ3) is 7.44. The zero-order chi connectivity index (χ0) is 31.1. The molecule has 0 aromatic heterocycles.